The molecule has 1 aromatic heterocycles. The predicted octanol–water partition coefficient (Wildman–Crippen LogP) is 4.85. The van der Waals surface area contributed by atoms with Gasteiger partial charge in [-0.15, -0.1) is 0 Å². The van der Waals surface area contributed by atoms with Crippen molar-refractivity contribution in [1.29, 1.82) is 0 Å². The molecule has 2 saturated carbocycles. The van der Waals surface area contributed by atoms with Gasteiger partial charge in [0.2, 0.25) is 5.91 Å². The van der Waals surface area contributed by atoms with Gasteiger partial charge in [0.15, 0.2) is 0 Å². The van der Waals surface area contributed by atoms with Crippen molar-refractivity contribution in [3.05, 3.63) is 30.1 Å². The number of piperidine rings is 1. The maximum absolute atomic E-state index is 12.3. The Morgan fingerprint density at radius 1 is 1.21 bits per heavy atom. The second-order valence-electron chi connectivity index (χ2n) is 10.3. The van der Waals surface area contributed by atoms with E-state index in [2.05, 4.69) is 36.3 Å². The van der Waals surface area contributed by atoms with E-state index in [0.29, 0.717) is 24.4 Å². The smallest absolute Gasteiger partial charge is 0.220 e. The third-order valence-electron chi connectivity index (χ3n) is 9.07. The summed E-state index contributed by atoms with van der Waals surface area (Å²) >= 11 is 0. The number of carbonyl (C=O) groups is 1. The second-order valence-corrected chi connectivity index (χ2v) is 10.3. The van der Waals surface area contributed by atoms with Crippen LogP contribution in [0.15, 0.2) is 24.5 Å². The van der Waals surface area contributed by atoms with Gasteiger partial charge in [-0.1, -0.05) is 19.9 Å². The zero-order chi connectivity index (χ0) is 20.2. The number of aromatic nitrogens is 1. The highest BCUT2D eigenvalue weighted by atomic mass is 16.5. The Bertz CT molecular complexity index is 849. The molecule has 156 valence electrons. The summed E-state index contributed by atoms with van der Waals surface area (Å²) in [5.74, 6) is 3.90. The lowest BCUT2D eigenvalue weighted by molar-refractivity contribution is -0.139. The molecule has 1 N–H and O–H groups in total. The maximum atomic E-state index is 12.3. The number of carbonyl (C=O) groups excluding carboxylic acids is 1. The maximum Gasteiger partial charge on any atom is 0.220 e. The number of ether oxygens (including phenoxy) is 1. The molecule has 4 heteroatoms. The van der Waals surface area contributed by atoms with E-state index in [1.54, 1.807) is 0 Å². The van der Waals surface area contributed by atoms with Crippen LogP contribution in [0.3, 0.4) is 0 Å². The average molecular weight is 395 g/mol. The van der Waals surface area contributed by atoms with Crippen LogP contribution in [0, 0.1) is 34.5 Å². The van der Waals surface area contributed by atoms with E-state index in [9.17, 15) is 4.79 Å². The van der Waals surface area contributed by atoms with Crippen LogP contribution in [-0.4, -0.2) is 24.0 Å². The summed E-state index contributed by atoms with van der Waals surface area (Å²) in [5, 5.41) is 3.13. The molecule has 6 atom stereocenters. The average Bonchev–Trinajstić information content (AvgIpc) is 3.05. The molecule has 2 heterocycles. The Balaban J connectivity index is 1.43. The number of fused-ring (bicyclic) bond motifs is 5. The Kier molecular flexibility index (Phi) is 4.52. The van der Waals surface area contributed by atoms with E-state index >= 15 is 0 Å². The van der Waals surface area contributed by atoms with Crippen LogP contribution in [0.2, 0.25) is 0 Å². The van der Waals surface area contributed by atoms with Gasteiger partial charge < -0.3 is 10.1 Å². The topological polar surface area (TPSA) is 51.2 Å². The zero-order valence-corrected chi connectivity index (χ0v) is 18.0. The zero-order valence-electron chi connectivity index (χ0n) is 18.0. The van der Waals surface area contributed by atoms with Crippen LogP contribution in [0.1, 0.15) is 64.9 Å². The second kappa shape index (κ2) is 6.85. The van der Waals surface area contributed by atoms with Crippen molar-refractivity contribution < 1.29 is 9.53 Å². The molecular formula is C25H34N2O2. The Hall–Kier alpha value is -1.84. The molecule has 1 aromatic rings. The molecule has 0 radical (unpaired) electrons. The van der Waals surface area contributed by atoms with Gasteiger partial charge >= 0.3 is 0 Å². The number of rotatable bonds is 3. The van der Waals surface area contributed by atoms with Crippen LogP contribution in [-0.2, 0) is 4.79 Å². The van der Waals surface area contributed by atoms with Gasteiger partial charge in [0.25, 0.3) is 0 Å². The molecule has 6 unspecified atom stereocenters. The third-order valence-corrected chi connectivity index (χ3v) is 9.07. The van der Waals surface area contributed by atoms with Crippen LogP contribution in [0.25, 0.3) is 5.57 Å². The first-order valence-corrected chi connectivity index (χ1v) is 11.5. The molecule has 0 spiro atoms. The number of allylic oxidation sites excluding steroid dienone is 2. The van der Waals surface area contributed by atoms with E-state index in [0.717, 1.165) is 24.6 Å². The monoisotopic (exact) mass is 394 g/mol. The molecule has 5 rings (SSSR count). The molecule has 3 fully saturated rings. The van der Waals surface area contributed by atoms with E-state index in [1.807, 2.05) is 19.3 Å². The van der Waals surface area contributed by atoms with Gasteiger partial charge in [0.05, 0.1) is 12.8 Å². The third kappa shape index (κ3) is 2.85. The van der Waals surface area contributed by atoms with E-state index < -0.39 is 0 Å². The summed E-state index contributed by atoms with van der Waals surface area (Å²) in [7, 11) is 0. The lowest BCUT2D eigenvalue weighted by atomic mass is 9.46. The molecular weight excluding hydrogens is 360 g/mol. The van der Waals surface area contributed by atoms with Gasteiger partial charge in [-0.3, -0.25) is 9.78 Å². The molecule has 4 nitrogen and oxygen atoms in total. The highest BCUT2D eigenvalue weighted by Gasteiger charge is 2.59. The first kappa shape index (κ1) is 19.1. The van der Waals surface area contributed by atoms with Crippen LogP contribution < -0.4 is 10.1 Å². The van der Waals surface area contributed by atoms with Crippen molar-refractivity contribution in [2.24, 2.45) is 34.5 Å². The first-order chi connectivity index (χ1) is 14.0. The minimum atomic E-state index is 0.186. The van der Waals surface area contributed by atoms with E-state index in [-0.39, 0.29) is 16.7 Å². The highest BCUT2D eigenvalue weighted by molar-refractivity contribution is 5.78. The Labute approximate surface area is 174 Å². The summed E-state index contributed by atoms with van der Waals surface area (Å²) in [4.78, 5) is 16.7. The van der Waals surface area contributed by atoms with Crippen molar-refractivity contribution in [3.8, 4) is 5.75 Å². The summed E-state index contributed by atoms with van der Waals surface area (Å²) in [6.07, 6.45) is 13.2. The summed E-state index contributed by atoms with van der Waals surface area (Å²) < 4.78 is 5.72. The Morgan fingerprint density at radius 2 is 2.07 bits per heavy atom. The van der Waals surface area contributed by atoms with Crippen molar-refractivity contribution in [1.82, 2.24) is 10.3 Å². The van der Waals surface area contributed by atoms with Gasteiger partial charge in [-0.05, 0) is 90.7 Å². The minimum absolute atomic E-state index is 0.186. The lowest BCUT2D eigenvalue weighted by Crippen LogP contribution is -2.57. The quantitative estimate of drug-likeness (QED) is 0.797. The van der Waals surface area contributed by atoms with Crippen molar-refractivity contribution in [2.45, 2.75) is 59.3 Å². The SMILES string of the molecule is CCOc1cncc(C2=CCC3C4CCC5CNC(=O)CC5(C)C4CCC23C)c1. The van der Waals surface area contributed by atoms with E-state index in [1.165, 1.54) is 43.2 Å². The fourth-order valence-corrected chi connectivity index (χ4v) is 7.62. The number of amides is 1. The van der Waals surface area contributed by atoms with Gasteiger partial charge in [-0.25, -0.2) is 0 Å². The van der Waals surface area contributed by atoms with Gasteiger partial charge in [0.1, 0.15) is 5.75 Å². The van der Waals surface area contributed by atoms with Gasteiger partial charge in [0, 0.05) is 19.2 Å². The standard InChI is InChI=1S/C25H34N2O2/c1-4-29-18-11-16(13-26-15-18)20-7-8-21-19-6-5-17-14-27-23(28)12-25(17,3)22(19)9-10-24(20,21)2/h7,11,13,15,17,19,21-22H,4-6,8-10,12,14H2,1-3H3,(H,27,28). The highest BCUT2D eigenvalue weighted by Crippen LogP contribution is 2.66. The Morgan fingerprint density at radius 3 is 2.90 bits per heavy atom. The number of hydrogen-bond acceptors (Lipinski definition) is 3. The van der Waals surface area contributed by atoms with Crippen LogP contribution in [0.5, 0.6) is 5.75 Å². The normalized spacial score (nSPS) is 40.9. The van der Waals surface area contributed by atoms with Crippen molar-refractivity contribution >= 4 is 11.5 Å². The van der Waals surface area contributed by atoms with Gasteiger partial charge in [-0.2, -0.15) is 0 Å². The number of nitrogens with one attached hydrogen (secondary N) is 1. The fraction of sp³-hybridized carbons (Fsp3) is 0.680. The molecule has 4 aliphatic rings. The molecule has 3 aliphatic carbocycles. The number of nitrogens with zero attached hydrogens (tertiary/aromatic N) is 1. The first-order valence-electron chi connectivity index (χ1n) is 11.5. The van der Waals surface area contributed by atoms with E-state index in [4.69, 9.17) is 4.74 Å². The molecule has 29 heavy (non-hydrogen) atoms. The molecule has 0 bridgehead atoms. The molecule has 1 aliphatic heterocycles. The number of pyridine rings is 1. The number of hydrogen-bond donors (Lipinski definition) is 1. The van der Waals surface area contributed by atoms with Crippen molar-refractivity contribution in [3.63, 3.8) is 0 Å². The molecule has 1 amide bonds. The summed E-state index contributed by atoms with van der Waals surface area (Å²) in [6, 6.07) is 2.17. The molecule has 0 aromatic carbocycles. The lowest BCUT2D eigenvalue weighted by Gasteiger charge is -2.59. The van der Waals surface area contributed by atoms with Crippen LogP contribution >= 0.6 is 0 Å². The van der Waals surface area contributed by atoms with Crippen LogP contribution in [0.4, 0.5) is 0 Å². The fourth-order valence-electron chi connectivity index (χ4n) is 7.62. The summed E-state index contributed by atoms with van der Waals surface area (Å²) in [6.45, 7) is 8.49. The largest absolute Gasteiger partial charge is 0.492 e. The van der Waals surface area contributed by atoms with Crippen molar-refractivity contribution in [2.75, 3.05) is 13.2 Å². The predicted molar refractivity (Wildman–Crippen MR) is 114 cm³/mol. The summed E-state index contributed by atoms with van der Waals surface area (Å²) in [5.41, 5.74) is 3.11. The minimum Gasteiger partial charge on any atom is -0.492 e. The molecule has 1 saturated heterocycles.